The first-order chi connectivity index (χ1) is 50.8. The van der Waals surface area contributed by atoms with E-state index in [1.165, 1.54) is 263 Å². The third-order valence-corrected chi connectivity index (χ3v) is 22.4. The maximum absolute atomic E-state index is 13.2. The number of carbonyl (C=O) groups is 4. The van der Waals surface area contributed by atoms with Crippen molar-refractivity contribution in [3.05, 3.63) is 0 Å². The molecule has 0 aromatic rings. The lowest BCUT2D eigenvalue weighted by Crippen LogP contribution is -2.30. The number of esters is 4. The van der Waals surface area contributed by atoms with E-state index in [0.717, 1.165) is 108 Å². The highest BCUT2D eigenvalue weighted by Gasteiger charge is 2.30. The predicted octanol–water partition coefficient (Wildman–Crippen LogP) is 26.1. The molecule has 0 amide bonds. The van der Waals surface area contributed by atoms with Gasteiger partial charge in [-0.1, -0.05) is 402 Å². The van der Waals surface area contributed by atoms with Crippen LogP contribution in [0.4, 0.5) is 0 Å². The summed E-state index contributed by atoms with van der Waals surface area (Å²) in [4.78, 5) is 73.2. The zero-order valence-electron chi connectivity index (χ0n) is 69.2. The Morgan fingerprint density at radius 2 is 0.486 bits per heavy atom. The number of phosphoric acid groups is 2. The largest absolute Gasteiger partial charge is 0.472 e. The molecule has 0 saturated heterocycles. The van der Waals surface area contributed by atoms with Crippen LogP contribution >= 0.6 is 15.6 Å². The third kappa shape index (κ3) is 78.5. The Morgan fingerprint density at radius 3 is 0.724 bits per heavy atom. The molecule has 0 spiro atoms. The van der Waals surface area contributed by atoms with Crippen LogP contribution in [0.3, 0.4) is 0 Å². The van der Waals surface area contributed by atoms with Crippen molar-refractivity contribution >= 4 is 39.5 Å². The van der Waals surface area contributed by atoms with E-state index < -0.39 is 97.5 Å². The summed E-state index contributed by atoms with van der Waals surface area (Å²) in [5, 5.41) is 10.7. The van der Waals surface area contributed by atoms with Crippen LogP contribution in [0, 0.1) is 17.8 Å². The molecule has 17 nitrogen and oxygen atoms in total. The van der Waals surface area contributed by atoms with Crippen LogP contribution in [0.5, 0.6) is 0 Å². The first-order valence-corrected chi connectivity index (χ1v) is 47.4. The van der Waals surface area contributed by atoms with Gasteiger partial charge in [-0.15, -0.1) is 0 Å². The molecule has 0 radical (unpaired) electrons. The topological polar surface area (TPSA) is 237 Å². The summed E-state index contributed by atoms with van der Waals surface area (Å²) in [6, 6.07) is 0. The molecule has 19 heteroatoms. The van der Waals surface area contributed by atoms with Gasteiger partial charge in [-0.3, -0.25) is 37.3 Å². The molecule has 6 atom stereocenters. The van der Waals surface area contributed by atoms with Crippen LogP contribution in [0.2, 0.25) is 0 Å². The van der Waals surface area contributed by atoms with Crippen molar-refractivity contribution < 1.29 is 80.2 Å². The molecule has 0 aromatic heterocycles. The molecule has 0 saturated carbocycles. The van der Waals surface area contributed by atoms with E-state index >= 15 is 0 Å². The van der Waals surface area contributed by atoms with Crippen LogP contribution in [-0.4, -0.2) is 96.7 Å². The van der Waals surface area contributed by atoms with Gasteiger partial charge >= 0.3 is 39.5 Å². The van der Waals surface area contributed by atoms with Crippen LogP contribution < -0.4 is 0 Å². The van der Waals surface area contributed by atoms with Crippen molar-refractivity contribution in [1.82, 2.24) is 0 Å². The van der Waals surface area contributed by atoms with Gasteiger partial charge in [0.25, 0.3) is 0 Å². The molecule has 0 aliphatic carbocycles. The van der Waals surface area contributed by atoms with E-state index in [1.807, 2.05) is 0 Å². The fraction of sp³-hybridized carbons (Fsp3) is 0.953. The van der Waals surface area contributed by atoms with E-state index in [0.29, 0.717) is 25.7 Å². The quantitative estimate of drug-likeness (QED) is 0.0222. The number of phosphoric ester groups is 2. The number of aliphatic hydroxyl groups is 1. The highest BCUT2D eigenvalue weighted by atomic mass is 31.2. The summed E-state index contributed by atoms with van der Waals surface area (Å²) < 4.78 is 68.9. The lowest BCUT2D eigenvalue weighted by molar-refractivity contribution is -0.161. The first-order valence-electron chi connectivity index (χ1n) is 44.4. The van der Waals surface area contributed by atoms with Gasteiger partial charge in [-0.2, -0.15) is 0 Å². The fourth-order valence-corrected chi connectivity index (χ4v) is 14.9. The number of unbranched alkanes of at least 4 members (excludes halogenated alkanes) is 51. The van der Waals surface area contributed by atoms with Crippen molar-refractivity contribution in [2.45, 2.75) is 471 Å². The summed E-state index contributed by atoms with van der Waals surface area (Å²) >= 11 is 0. The van der Waals surface area contributed by atoms with E-state index in [9.17, 15) is 43.2 Å². The van der Waals surface area contributed by atoms with Gasteiger partial charge in [0.05, 0.1) is 26.4 Å². The monoisotopic (exact) mass is 1540 g/mol. The van der Waals surface area contributed by atoms with E-state index in [1.54, 1.807) is 0 Å². The molecule has 0 rings (SSSR count). The SMILES string of the molecule is CCCCCCCCCCCCCCCCCCCCCCCC(=O)O[C@H](COC(=O)CCCCCCCCCCCCCCCCC(C)CC)COP(=O)(O)OC[C@@H](O)COP(=O)(O)OC[C@@H](COC(=O)CCCCCCCCCCCC(C)C)OC(=O)CCCCCCCCCCCCCC(C)C. The van der Waals surface area contributed by atoms with Crippen molar-refractivity contribution in [2.24, 2.45) is 17.8 Å². The zero-order valence-corrected chi connectivity index (χ0v) is 71.0. The number of aliphatic hydroxyl groups excluding tert-OH is 1. The average Bonchev–Trinajstić information content (AvgIpc) is 1.01. The molecular weight excluding hydrogens is 1370 g/mol. The van der Waals surface area contributed by atoms with Gasteiger partial charge in [-0.25, -0.2) is 9.13 Å². The predicted molar refractivity (Wildman–Crippen MR) is 432 cm³/mol. The zero-order chi connectivity index (χ0) is 77.2. The Morgan fingerprint density at radius 1 is 0.276 bits per heavy atom. The Hall–Kier alpha value is -1.94. The number of carbonyl (C=O) groups excluding carboxylic acids is 4. The summed E-state index contributed by atoms with van der Waals surface area (Å²) in [5.41, 5.74) is 0. The van der Waals surface area contributed by atoms with Crippen LogP contribution in [0.25, 0.3) is 0 Å². The number of hydrogen-bond donors (Lipinski definition) is 3. The standard InChI is InChI=1S/C86H168O17P2/c1-8-10-11-12-13-14-15-16-17-18-19-20-21-22-23-28-33-40-48-55-62-69-85(90)102-81(73-96-83(88)67-60-53-46-39-32-27-25-24-26-31-38-45-52-59-66-79(7)9-2)75-100-104(92,93)98-71-80(87)72-99-105(94,95)101-76-82(74-97-84(89)68-61-54-47-42-35-37-44-51-58-65-78(5)6)103-86(91)70-63-56-49-41-34-29-30-36-43-50-57-64-77(3)4/h77-82,87H,8-76H2,1-7H3,(H,92,93)(H,94,95)/t79?,80-,81-,82-/m1/s1. The van der Waals surface area contributed by atoms with Gasteiger partial charge in [0, 0.05) is 25.7 Å². The number of ether oxygens (including phenoxy) is 4. The molecule has 105 heavy (non-hydrogen) atoms. The van der Waals surface area contributed by atoms with Gasteiger partial charge in [-0.05, 0) is 43.4 Å². The summed E-state index contributed by atoms with van der Waals surface area (Å²) in [5.74, 6) is 0.254. The van der Waals surface area contributed by atoms with Crippen molar-refractivity contribution in [1.29, 1.82) is 0 Å². The Balaban J connectivity index is 5.25. The maximum atomic E-state index is 13.2. The highest BCUT2D eigenvalue weighted by Crippen LogP contribution is 2.45. The first kappa shape index (κ1) is 103. The molecule has 0 bridgehead atoms. The van der Waals surface area contributed by atoms with Crippen LogP contribution in [0.15, 0.2) is 0 Å². The van der Waals surface area contributed by atoms with Gasteiger partial charge in [0.1, 0.15) is 19.3 Å². The second-order valence-electron chi connectivity index (χ2n) is 32.1. The lowest BCUT2D eigenvalue weighted by atomic mass is 9.99. The van der Waals surface area contributed by atoms with Crippen LogP contribution in [0.1, 0.15) is 453 Å². The minimum absolute atomic E-state index is 0.106. The van der Waals surface area contributed by atoms with Crippen molar-refractivity contribution in [3.63, 3.8) is 0 Å². The molecular formula is C86H168O17P2. The molecule has 3 unspecified atom stereocenters. The van der Waals surface area contributed by atoms with Crippen LogP contribution in [-0.2, 0) is 65.4 Å². The van der Waals surface area contributed by atoms with Crippen molar-refractivity contribution in [3.8, 4) is 0 Å². The third-order valence-electron chi connectivity index (χ3n) is 20.5. The normalized spacial score (nSPS) is 14.1. The van der Waals surface area contributed by atoms with Gasteiger partial charge in [0.2, 0.25) is 0 Å². The second-order valence-corrected chi connectivity index (χ2v) is 35.0. The summed E-state index contributed by atoms with van der Waals surface area (Å²) in [6.45, 7) is 12.0. The minimum Gasteiger partial charge on any atom is -0.462 e. The summed E-state index contributed by atoms with van der Waals surface area (Å²) in [6.07, 6.45) is 66.6. The fourth-order valence-electron chi connectivity index (χ4n) is 13.3. The molecule has 0 heterocycles. The second kappa shape index (κ2) is 76.1. The Labute approximate surface area is 645 Å². The molecule has 0 fully saturated rings. The van der Waals surface area contributed by atoms with Gasteiger partial charge < -0.3 is 33.8 Å². The molecule has 624 valence electrons. The highest BCUT2D eigenvalue weighted by molar-refractivity contribution is 7.47. The van der Waals surface area contributed by atoms with E-state index in [-0.39, 0.29) is 25.7 Å². The minimum atomic E-state index is -4.97. The summed E-state index contributed by atoms with van der Waals surface area (Å²) in [7, 11) is -9.93. The molecule has 3 N–H and O–H groups in total. The maximum Gasteiger partial charge on any atom is 0.472 e. The number of rotatable bonds is 84. The smallest absolute Gasteiger partial charge is 0.462 e. The van der Waals surface area contributed by atoms with Gasteiger partial charge in [0.15, 0.2) is 12.2 Å². The average molecular weight is 1540 g/mol. The molecule has 0 aromatic carbocycles. The molecule has 0 aliphatic rings. The van der Waals surface area contributed by atoms with Crippen molar-refractivity contribution in [2.75, 3.05) is 39.6 Å². The van der Waals surface area contributed by atoms with E-state index in [4.69, 9.17) is 37.0 Å². The number of hydrogen-bond acceptors (Lipinski definition) is 15. The molecule has 0 aliphatic heterocycles. The van der Waals surface area contributed by atoms with E-state index in [2.05, 4.69) is 48.5 Å². The Kier molecular flexibility index (Phi) is 74.7. The Bertz CT molecular complexity index is 2030. The lowest BCUT2D eigenvalue weighted by Gasteiger charge is -2.21.